The van der Waals surface area contributed by atoms with Gasteiger partial charge in [-0.05, 0) is 96.3 Å². The lowest BCUT2D eigenvalue weighted by molar-refractivity contribution is -0.166. The molecule has 0 rings (SSSR count). The van der Waals surface area contributed by atoms with Crippen molar-refractivity contribution in [1.82, 2.24) is 0 Å². The summed E-state index contributed by atoms with van der Waals surface area (Å²) >= 11 is 0. The zero-order chi connectivity index (χ0) is 55.0. The van der Waals surface area contributed by atoms with E-state index in [-0.39, 0.29) is 31.6 Å². The van der Waals surface area contributed by atoms with E-state index in [9.17, 15) is 14.4 Å². The Balaban J connectivity index is 4.29. The fourth-order valence-electron chi connectivity index (χ4n) is 8.35. The van der Waals surface area contributed by atoms with Crippen molar-refractivity contribution in [2.45, 2.75) is 277 Å². The van der Waals surface area contributed by atoms with Gasteiger partial charge >= 0.3 is 17.9 Å². The summed E-state index contributed by atoms with van der Waals surface area (Å²) in [5.41, 5.74) is 0. The van der Waals surface area contributed by atoms with Gasteiger partial charge in [0.1, 0.15) is 13.2 Å². The van der Waals surface area contributed by atoms with Crippen LogP contribution in [0.2, 0.25) is 0 Å². The van der Waals surface area contributed by atoms with E-state index >= 15 is 0 Å². The van der Waals surface area contributed by atoms with Crippen molar-refractivity contribution in [2.75, 3.05) is 13.2 Å². The van der Waals surface area contributed by atoms with Crippen molar-refractivity contribution in [2.24, 2.45) is 0 Å². The summed E-state index contributed by atoms with van der Waals surface area (Å²) in [4.78, 5) is 38.1. The van der Waals surface area contributed by atoms with E-state index in [1.807, 2.05) is 6.08 Å². The zero-order valence-corrected chi connectivity index (χ0v) is 49.2. The molecule has 76 heavy (non-hydrogen) atoms. The van der Waals surface area contributed by atoms with Crippen LogP contribution in [0.25, 0.3) is 0 Å². The topological polar surface area (TPSA) is 78.9 Å². The number of allylic oxidation sites excluding steroid dienone is 21. The Labute approximate surface area is 468 Å². The molecule has 1 unspecified atom stereocenters. The molecule has 0 aromatic rings. The maximum atomic E-state index is 12.8. The first-order valence-electron chi connectivity index (χ1n) is 31.2. The van der Waals surface area contributed by atoms with Gasteiger partial charge in [-0.15, -0.1) is 0 Å². The highest BCUT2D eigenvalue weighted by molar-refractivity contribution is 5.72. The summed E-state index contributed by atoms with van der Waals surface area (Å²) in [5, 5.41) is 0. The number of hydrogen-bond donors (Lipinski definition) is 0. The lowest BCUT2D eigenvalue weighted by Gasteiger charge is -2.18. The Bertz CT molecular complexity index is 1630. The van der Waals surface area contributed by atoms with Crippen molar-refractivity contribution in [1.29, 1.82) is 0 Å². The second-order valence-corrected chi connectivity index (χ2v) is 20.2. The Morgan fingerprint density at radius 3 is 0.868 bits per heavy atom. The molecule has 0 saturated carbocycles. The number of ether oxygens (including phenoxy) is 3. The van der Waals surface area contributed by atoms with Crippen LogP contribution >= 0.6 is 0 Å². The average Bonchev–Trinajstić information content (AvgIpc) is 3.42. The van der Waals surface area contributed by atoms with Crippen LogP contribution in [0.4, 0.5) is 0 Å². The van der Waals surface area contributed by atoms with Gasteiger partial charge in [0, 0.05) is 12.8 Å². The van der Waals surface area contributed by atoms with E-state index in [1.54, 1.807) is 6.08 Å². The summed E-state index contributed by atoms with van der Waals surface area (Å²) in [6.07, 6.45) is 89.2. The lowest BCUT2D eigenvalue weighted by atomic mass is 10.0. The number of unbranched alkanes of at least 4 members (excludes halogenated alkanes) is 23. The minimum Gasteiger partial charge on any atom is -0.462 e. The monoisotopic (exact) mass is 1050 g/mol. The van der Waals surface area contributed by atoms with Gasteiger partial charge in [0.25, 0.3) is 0 Å². The molecule has 0 radical (unpaired) electrons. The third kappa shape index (κ3) is 60.4. The Hall–Kier alpha value is -4.45. The normalized spacial score (nSPS) is 13.0. The van der Waals surface area contributed by atoms with Crippen LogP contribution in [-0.2, 0) is 28.6 Å². The predicted octanol–water partition coefficient (Wildman–Crippen LogP) is 21.4. The van der Waals surface area contributed by atoms with Gasteiger partial charge in [0.15, 0.2) is 6.10 Å². The minimum absolute atomic E-state index is 0.0943. The minimum atomic E-state index is -0.835. The quantitative estimate of drug-likeness (QED) is 0.0261. The summed E-state index contributed by atoms with van der Waals surface area (Å²) in [5.74, 6) is -1.05. The molecule has 0 aliphatic rings. The Morgan fingerprint density at radius 1 is 0.289 bits per heavy atom. The number of hydrogen-bond acceptors (Lipinski definition) is 6. The zero-order valence-electron chi connectivity index (χ0n) is 49.2. The SMILES string of the molecule is CC/C=C\C/C=C\C/C=C\C/C=C\C/C=C\C/C=C\CCCCCCCCCCCCCCC(=O)OCC(COC(=O)CCCCCCCCCCCCCC)OC(=O)C/C=C\C/C=C\C/C=C\C/C=C\C/C=C\CC. The van der Waals surface area contributed by atoms with Crippen LogP contribution in [0.3, 0.4) is 0 Å². The van der Waals surface area contributed by atoms with Crippen LogP contribution in [0.1, 0.15) is 271 Å². The summed E-state index contributed by atoms with van der Waals surface area (Å²) in [7, 11) is 0. The molecule has 430 valence electrons. The average molecular weight is 1050 g/mol. The molecule has 0 heterocycles. The highest BCUT2D eigenvalue weighted by atomic mass is 16.6. The molecule has 0 spiro atoms. The predicted molar refractivity (Wildman–Crippen MR) is 329 cm³/mol. The number of carbonyl (C=O) groups is 3. The maximum Gasteiger partial charge on any atom is 0.310 e. The van der Waals surface area contributed by atoms with Gasteiger partial charge in [0.05, 0.1) is 6.42 Å². The van der Waals surface area contributed by atoms with Crippen molar-refractivity contribution >= 4 is 17.9 Å². The van der Waals surface area contributed by atoms with Gasteiger partial charge in [-0.25, -0.2) is 0 Å². The Morgan fingerprint density at radius 2 is 0.553 bits per heavy atom. The highest BCUT2D eigenvalue weighted by Gasteiger charge is 2.19. The van der Waals surface area contributed by atoms with E-state index in [0.717, 1.165) is 109 Å². The largest absolute Gasteiger partial charge is 0.462 e. The van der Waals surface area contributed by atoms with Crippen molar-refractivity contribution in [3.63, 3.8) is 0 Å². The van der Waals surface area contributed by atoms with Gasteiger partial charge < -0.3 is 14.2 Å². The molecule has 0 bridgehead atoms. The second-order valence-electron chi connectivity index (χ2n) is 20.2. The van der Waals surface area contributed by atoms with Crippen LogP contribution in [0.15, 0.2) is 134 Å². The number of rotatable bonds is 55. The maximum absolute atomic E-state index is 12.8. The van der Waals surface area contributed by atoms with E-state index in [2.05, 4.69) is 142 Å². The van der Waals surface area contributed by atoms with Crippen LogP contribution < -0.4 is 0 Å². The first kappa shape index (κ1) is 71.5. The summed E-state index contributed by atoms with van der Waals surface area (Å²) in [6.45, 7) is 6.33. The molecule has 1 atom stereocenters. The van der Waals surface area contributed by atoms with Crippen molar-refractivity contribution in [3.8, 4) is 0 Å². The molecule has 0 saturated heterocycles. The molecule has 0 fully saturated rings. The molecule has 0 aliphatic carbocycles. The molecule has 0 aromatic carbocycles. The van der Waals surface area contributed by atoms with E-state index in [1.165, 1.54) is 122 Å². The summed E-state index contributed by atoms with van der Waals surface area (Å²) < 4.78 is 16.8. The van der Waals surface area contributed by atoms with Gasteiger partial charge in [-0.2, -0.15) is 0 Å². The third-order valence-electron chi connectivity index (χ3n) is 12.9. The highest BCUT2D eigenvalue weighted by Crippen LogP contribution is 2.15. The third-order valence-corrected chi connectivity index (χ3v) is 12.9. The first-order chi connectivity index (χ1) is 37.5. The van der Waals surface area contributed by atoms with Gasteiger partial charge in [-0.3, -0.25) is 14.4 Å². The van der Waals surface area contributed by atoms with Crippen molar-refractivity contribution in [3.05, 3.63) is 134 Å². The fraction of sp³-hybridized carbons (Fsp3) is 0.643. The van der Waals surface area contributed by atoms with E-state index < -0.39 is 12.1 Å². The smallest absolute Gasteiger partial charge is 0.310 e. The first-order valence-corrected chi connectivity index (χ1v) is 31.2. The molecule has 0 aromatic heterocycles. The summed E-state index contributed by atoms with van der Waals surface area (Å²) in [6, 6.07) is 0. The molecule has 6 heteroatoms. The number of esters is 3. The van der Waals surface area contributed by atoms with Crippen LogP contribution in [0.5, 0.6) is 0 Å². The molecule has 6 nitrogen and oxygen atoms in total. The standard InChI is InChI=1S/C70H114O6/c1-4-7-10-13-16-19-22-25-27-28-29-30-31-32-33-34-35-36-37-38-39-40-41-42-44-45-48-51-54-57-60-63-69(72)75-66-67(65-74-68(71)62-59-56-53-50-47-24-21-18-15-12-9-6-3)76-70(73)64-61-58-55-52-49-46-43-26-23-20-17-14-11-8-5-2/h7-8,10-11,16-17,19-20,25-27,29-30,32-33,35-36,43,49,52,58,61,67H,4-6,9,12-15,18,21-24,28,31,34,37-42,44-48,50-51,53-57,59-60,62-66H2,1-3H3/b10-7-,11-8-,19-16-,20-17-,27-25-,30-29-,33-32-,36-35-,43-26-,52-49-,61-58-. The van der Waals surface area contributed by atoms with Gasteiger partial charge in [0.2, 0.25) is 0 Å². The van der Waals surface area contributed by atoms with Crippen molar-refractivity contribution < 1.29 is 28.6 Å². The van der Waals surface area contributed by atoms with Crippen LogP contribution in [-0.4, -0.2) is 37.2 Å². The van der Waals surface area contributed by atoms with E-state index in [4.69, 9.17) is 14.2 Å². The Kier molecular flexibility index (Phi) is 59.4. The molecular weight excluding hydrogens is 937 g/mol. The molecule has 0 N–H and O–H groups in total. The fourth-order valence-corrected chi connectivity index (χ4v) is 8.35. The lowest BCUT2D eigenvalue weighted by Crippen LogP contribution is -2.30. The molecular formula is C70H114O6. The molecule has 0 aliphatic heterocycles. The molecule has 0 amide bonds. The van der Waals surface area contributed by atoms with Crippen LogP contribution in [0, 0.1) is 0 Å². The van der Waals surface area contributed by atoms with E-state index in [0.29, 0.717) is 12.8 Å². The van der Waals surface area contributed by atoms with Gasteiger partial charge in [-0.1, -0.05) is 289 Å². The second kappa shape index (κ2) is 63.1. The number of carbonyl (C=O) groups excluding carboxylic acids is 3.